The van der Waals surface area contributed by atoms with Crippen molar-refractivity contribution >= 4 is 110 Å². The van der Waals surface area contributed by atoms with Gasteiger partial charge in [0, 0.05) is 77.0 Å². The molecule has 0 saturated heterocycles. The van der Waals surface area contributed by atoms with Crippen LogP contribution in [-0.2, 0) is 0 Å². The largest absolute Gasteiger partial charge is 0.310 e. The average molecular weight is 1070 g/mol. The molecule has 0 radical (unpaired) electrons. The number of rotatable bonds is 10. The minimum Gasteiger partial charge on any atom is -0.310 e. The zero-order chi connectivity index (χ0) is 62.5. The molecule has 11 aromatic carbocycles. The molecule has 0 amide bonds. The Kier molecular flexibility index (Phi) is 8.94. The van der Waals surface area contributed by atoms with E-state index in [4.69, 9.17) is 8.22 Å². The van der Waals surface area contributed by atoms with Crippen LogP contribution in [0.4, 0.5) is 34.1 Å². The highest BCUT2D eigenvalue weighted by atomic mass is 15.2. The monoisotopic (exact) mass is 1060 g/mol. The summed E-state index contributed by atoms with van der Waals surface area (Å²) in [6.45, 7) is 0. The van der Waals surface area contributed by atoms with Gasteiger partial charge >= 0.3 is 0 Å². The molecule has 2 aliphatic rings. The van der Waals surface area contributed by atoms with E-state index < -0.39 is 36.3 Å². The van der Waals surface area contributed by atoms with Gasteiger partial charge < -0.3 is 18.6 Å². The van der Waals surface area contributed by atoms with Crippen LogP contribution in [0, 0.1) is 0 Å². The number of benzene rings is 11. The highest BCUT2D eigenvalue weighted by Gasteiger charge is 2.33. The molecule has 2 saturated carbocycles. The predicted octanol–water partition coefficient (Wildman–Crippen LogP) is 22.4. The number of hydrogen-bond acceptors (Lipinski definition) is 2. The number of nitrogens with zero attached hydrogens (tertiary/aromatic N) is 4. The molecule has 0 N–H and O–H groups in total. The number of para-hydroxylation sites is 4. The Morgan fingerprint density at radius 2 is 0.695 bits per heavy atom. The molecule has 394 valence electrons. The summed E-state index contributed by atoms with van der Waals surface area (Å²) >= 11 is 0. The summed E-state index contributed by atoms with van der Waals surface area (Å²) in [5, 5.41) is 7.57. The second-order valence-electron chi connectivity index (χ2n) is 22.8. The van der Waals surface area contributed by atoms with Crippen molar-refractivity contribution < 1.29 is 13.7 Å². The fraction of sp³-hybridized carbons (Fsp3) is 0.154. The van der Waals surface area contributed by atoms with Crippen LogP contribution in [0.15, 0.2) is 242 Å². The molecule has 4 aromatic heterocycles. The van der Waals surface area contributed by atoms with Crippen molar-refractivity contribution in [1.29, 1.82) is 0 Å². The highest BCUT2D eigenvalue weighted by Crippen LogP contribution is 2.57. The van der Waals surface area contributed by atoms with Gasteiger partial charge in [0.05, 0.1) is 58.2 Å². The van der Waals surface area contributed by atoms with Gasteiger partial charge in [0.2, 0.25) is 0 Å². The van der Waals surface area contributed by atoms with Crippen LogP contribution >= 0.6 is 0 Å². The summed E-state index contributed by atoms with van der Waals surface area (Å²) in [4.78, 5) is 3.80. The van der Waals surface area contributed by atoms with Gasteiger partial charge in [0.1, 0.15) is 0 Å². The van der Waals surface area contributed by atoms with Crippen molar-refractivity contribution in [1.82, 2.24) is 8.80 Å². The average Bonchev–Trinajstić information content (AvgIpc) is 1.50. The SMILES string of the molecule is [2H]c1c([2H])c([2H])c(N(c2ccc(C3CCCCC3)cc2)c2ccc3c4c(-c5ccccc5)c5c(c(-c6ccccc6)c4n4c6ccccc6c2c34)c2ccc(N(c3ccc(C4CCCCC4)cc3)c3c([2H])c([2H])c([2H])c([2H])c3[2H])c3c4ccccc4n5c23)c([2H])c1[2H]. The van der Waals surface area contributed by atoms with E-state index in [9.17, 15) is 5.48 Å². The zero-order valence-corrected chi connectivity index (χ0v) is 45.3. The first kappa shape index (κ1) is 38.3. The fourth-order valence-corrected chi connectivity index (χ4v) is 15.0. The van der Waals surface area contributed by atoms with Gasteiger partial charge in [-0.05, 0) is 132 Å². The van der Waals surface area contributed by atoms with E-state index in [1.54, 1.807) is 0 Å². The lowest BCUT2D eigenvalue weighted by Crippen LogP contribution is -2.11. The maximum absolute atomic E-state index is 9.62. The molecule has 0 aliphatic heterocycles. The van der Waals surface area contributed by atoms with Crippen LogP contribution in [0.1, 0.15) is 101 Å². The third-order valence-electron chi connectivity index (χ3n) is 18.5. The Morgan fingerprint density at radius 3 is 1.10 bits per heavy atom. The second kappa shape index (κ2) is 19.1. The summed E-state index contributed by atoms with van der Waals surface area (Å²) in [5.41, 5.74) is 15.0. The van der Waals surface area contributed by atoms with Crippen LogP contribution < -0.4 is 9.80 Å². The Balaban J connectivity index is 1.02. The van der Waals surface area contributed by atoms with E-state index in [1.807, 2.05) is 34.1 Å². The van der Waals surface area contributed by atoms with Crippen molar-refractivity contribution in [3.8, 4) is 22.3 Å². The Labute approximate surface area is 492 Å². The highest BCUT2D eigenvalue weighted by molar-refractivity contribution is 6.39. The molecular formula is C78H62N4. The van der Waals surface area contributed by atoms with Gasteiger partial charge in [0.25, 0.3) is 0 Å². The van der Waals surface area contributed by atoms with E-state index in [2.05, 4.69) is 167 Å². The van der Waals surface area contributed by atoms with Gasteiger partial charge in [0.15, 0.2) is 0 Å². The Bertz CT molecular complexity index is 5080. The van der Waals surface area contributed by atoms with Crippen LogP contribution in [0.3, 0.4) is 0 Å². The molecule has 15 aromatic rings. The maximum atomic E-state index is 9.62. The molecule has 82 heavy (non-hydrogen) atoms. The maximum Gasteiger partial charge on any atom is 0.0645 e. The molecule has 4 heterocycles. The lowest BCUT2D eigenvalue weighted by atomic mass is 9.84. The molecular weight excluding hydrogens is 993 g/mol. The number of anilines is 6. The molecule has 2 fully saturated rings. The van der Waals surface area contributed by atoms with Gasteiger partial charge in [-0.15, -0.1) is 0 Å². The smallest absolute Gasteiger partial charge is 0.0645 e. The number of aromatic nitrogens is 2. The quantitative estimate of drug-likeness (QED) is 0.136. The van der Waals surface area contributed by atoms with Crippen LogP contribution in [0.25, 0.3) is 98.4 Å². The Hall–Kier alpha value is -9.38. The van der Waals surface area contributed by atoms with Crippen molar-refractivity contribution in [3.05, 3.63) is 254 Å². The van der Waals surface area contributed by atoms with Crippen LogP contribution in [-0.4, -0.2) is 8.80 Å². The first-order valence-corrected chi connectivity index (χ1v) is 29.3. The van der Waals surface area contributed by atoms with Gasteiger partial charge in [-0.2, -0.15) is 0 Å². The standard InChI is InChI=1S/C78H62N4/c1-7-23-51(24-8-1)53-39-43-59(44-40-53)79(57-31-15-5-16-32-57)67-49-47-63-73-69(55-27-11-3-12-28-55)78-74(70(56-29-13-4-14-30-56)77(73)81-65-37-21-19-35-61(65)71(67)75(63)81)64-48-50-68(72-62-36-20-22-38-66(62)82(78)76(64)72)80(58-33-17-6-18-34-58)60-45-41-54(42-46-60)52-25-9-2-10-26-52/h3-6,11-22,27-52H,1-2,7-10,23-26H2/i5D,6D,15D,16D,17D,18D,31D,32D,33D,34D. The summed E-state index contributed by atoms with van der Waals surface area (Å²) in [7, 11) is 0. The van der Waals surface area contributed by atoms with Gasteiger partial charge in [-0.25, -0.2) is 0 Å². The minimum atomic E-state index is -0.451. The minimum absolute atomic E-state index is 0.0686. The van der Waals surface area contributed by atoms with Crippen LogP contribution in [0.5, 0.6) is 0 Å². The summed E-state index contributed by atoms with van der Waals surface area (Å²) < 4.78 is 97.1. The van der Waals surface area contributed by atoms with E-state index in [0.29, 0.717) is 34.6 Å². The van der Waals surface area contributed by atoms with E-state index in [1.165, 1.54) is 49.7 Å². The predicted molar refractivity (Wildman–Crippen MR) is 348 cm³/mol. The lowest BCUT2D eigenvalue weighted by Gasteiger charge is -2.28. The first-order chi connectivity index (χ1) is 44.9. The molecule has 0 atom stereocenters. The number of hydrogen-bond donors (Lipinski definition) is 0. The van der Waals surface area contributed by atoms with Crippen molar-refractivity contribution in [2.75, 3.05) is 9.80 Å². The molecule has 4 heteroatoms. The third-order valence-corrected chi connectivity index (χ3v) is 18.5. The third kappa shape index (κ3) is 7.16. The first-order valence-electron chi connectivity index (χ1n) is 34.3. The van der Waals surface area contributed by atoms with E-state index in [0.717, 1.165) is 124 Å². The van der Waals surface area contributed by atoms with Crippen molar-refractivity contribution in [2.24, 2.45) is 0 Å². The molecule has 2 aliphatic carbocycles. The molecule has 0 bridgehead atoms. The van der Waals surface area contributed by atoms with Crippen molar-refractivity contribution in [3.63, 3.8) is 0 Å². The molecule has 17 rings (SSSR count). The van der Waals surface area contributed by atoms with Crippen molar-refractivity contribution in [2.45, 2.75) is 76.0 Å². The summed E-state index contributed by atoms with van der Waals surface area (Å²) in [5.74, 6) is 0.856. The number of fused-ring (bicyclic) bond motifs is 12. The fourth-order valence-electron chi connectivity index (χ4n) is 15.0. The molecule has 0 spiro atoms. The second-order valence-corrected chi connectivity index (χ2v) is 22.8. The zero-order valence-electron chi connectivity index (χ0n) is 55.3. The molecule has 4 nitrogen and oxygen atoms in total. The summed E-state index contributed by atoms with van der Waals surface area (Å²) in [6.07, 6.45) is 11.7. The lowest BCUT2D eigenvalue weighted by molar-refractivity contribution is 0.443. The topological polar surface area (TPSA) is 15.3 Å². The van der Waals surface area contributed by atoms with Crippen LogP contribution in [0.2, 0.25) is 0 Å². The van der Waals surface area contributed by atoms with Gasteiger partial charge in [-0.3, -0.25) is 0 Å². The summed E-state index contributed by atoms with van der Waals surface area (Å²) in [6, 6.07) is 59.7. The Morgan fingerprint density at radius 1 is 0.317 bits per heavy atom. The molecule has 0 unspecified atom stereocenters. The van der Waals surface area contributed by atoms with E-state index in [-0.39, 0.29) is 35.5 Å². The normalized spacial score (nSPS) is 16.4. The van der Waals surface area contributed by atoms with E-state index >= 15 is 0 Å². The van der Waals surface area contributed by atoms with Gasteiger partial charge in [-0.1, -0.05) is 208 Å².